The van der Waals surface area contributed by atoms with Crippen molar-refractivity contribution in [1.82, 2.24) is 10.6 Å². The van der Waals surface area contributed by atoms with Gasteiger partial charge in [-0.05, 0) is 37.5 Å². The summed E-state index contributed by atoms with van der Waals surface area (Å²) in [6.07, 6.45) is 2.32. The fraction of sp³-hybridized carbons (Fsp3) is 0.526. The van der Waals surface area contributed by atoms with E-state index in [4.69, 9.17) is 19.9 Å². The number of urea groups is 1. The molecule has 1 heterocycles. The van der Waals surface area contributed by atoms with Crippen molar-refractivity contribution in [2.45, 2.75) is 38.6 Å². The molecule has 9 nitrogen and oxygen atoms in total. The minimum Gasteiger partial charge on any atom is -0.486 e. The van der Waals surface area contributed by atoms with Crippen LogP contribution in [0.2, 0.25) is 0 Å². The average molecular weight is 393 g/mol. The van der Waals surface area contributed by atoms with E-state index in [0.717, 1.165) is 18.4 Å². The van der Waals surface area contributed by atoms with Crippen molar-refractivity contribution < 1.29 is 28.6 Å². The summed E-state index contributed by atoms with van der Waals surface area (Å²) in [5.41, 5.74) is 5.82. The lowest BCUT2D eigenvalue weighted by Gasteiger charge is -2.21. The monoisotopic (exact) mass is 393 g/mol. The Hall–Kier alpha value is -2.97. The van der Waals surface area contributed by atoms with Crippen LogP contribution in [0, 0.1) is 0 Å². The van der Waals surface area contributed by atoms with Crippen LogP contribution in [-0.2, 0) is 14.3 Å². The van der Waals surface area contributed by atoms with Gasteiger partial charge in [0.2, 0.25) is 0 Å². The Bertz CT molecular complexity index is 694. The van der Waals surface area contributed by atoms with Gasteiger partial charge < -0.3 is 30.6 Å². The van der Waals surface area contributed by atoms with Crippen molar-refractivity contribution in [3.8, 4) is 11.5 Å². The summed E-state index contributed by atoms with van der Waals surface area (Å²) in [5.74, 6) is 0.543. The zero-order valence-electron chi connectivity index (χ0n) is 16.0. The highest BCUT2D eigenvalue weighted by Gasteiger charge is 2.16. The smallest absolute Gasteiger partial charge is 0.312 e. The summed E-state index contributed by atoms with van der Waals surface area (Å²) in [7, 11) is 0. The first-order valence-corrected chi connectivity index (χ1v) is 9.33. The fourth-order valence-electron chi connectivity index (χ4n) is 2.70. The molecule has 1 atom stereocenters. The van der Waals surface area contributed by atoms with Gasteiger partial charge in [-0.3, -0.25) is 9.59 Å². The number of carbonyl (C=O) groups is 3. The number of primary amides is 1. The molecule has 1 aliphatic rings. The fourth-order valence-corrected chi connectivity index (χ4v) is 2.70. The van der Waals surface area contributed by atoms with Gasteiger partial charge in [-0.15, -0.1) is 0 Å². The third kappa shape index (κ3) is 7.34. The van der Waals surface area contributed by atoms with E-state index in [1.54, 1.807) is 0 Å². The maximum atomic E-state index is 12.0. The summed E-state index contributed by atoms with van der Waals surface area (Å²) < 4.78 is 16.0. The Morgan fingerprint density at radius 1 is 1.14 bits per heavy atom. The number of amides is 3. The molecule has 28 heavy (non-hydrogen) atoms. The van der Waals surface area contributed by atoms with Crippen LogP contribution in [0.25, 0.3) is 0 Å². The highest BCUT2D eigenvalue weighted by Crippen LogP contribution is 2.32. The maximum absolute atomic E-state index is 12.0. The molecule has 1 aliphatic heterocycles. The number of unbranched alkanes of at least 4 members (excludes halogenated alkanes) is 2. The van der Waals surface area contributed by atoms with E-state index in [-0.39, 0.29) is 25.0 Å². The van der Waals surface area contributed by atoms with Crippen LogP contribution in [0.15, 0.2) is 18.2 Å². The van der Waals surface area contributed by atoms with Crippen molar-refractivity contribution in [2.75, 3.05) is 26.4 Å². The molecule has 3 amide bonds. The van der Waals surface area contributed by atoms with E-state index in [0.29, 0.717) is 37.7 Å². The standard InChI is InChI=1S/C19H27N3O6/c1-13(14-6-7-15-16(11-14)27-10-9-26-15)22-17(23)12-28-18(24)5-3-2-4-8-21-19(20)25/h6-7,11,13H,2-5,8-10,12H2,1H3,(H,22,23)(H3,20,21,25)/t13-/m0/s1. The average Bonchev–Trinajstić information content (AvgIpc) is 2.68. The third-order valence-corrected chi connectivity index (χ3v) is 4.16. The van der Waals surface area contributed by atoms with Crippen LogP contribution in [0.3, 0.4) is 0 Å². The van der Waals surface area contributed by atoms with Gasteiger partial charge in [0, 0.05) is 13.0 Å². The number of rotatable bonds is 10. The number of hydrogen-bond acceptors (Lipinski definition) is 6. The van der Waals surface area contributed by atoms with Gasteiger partial charge in [0.1, 0.15) is 13.2 Å². The number of ether oxygens (including phenoxy) is 3. The molecule has 0 aromatic heterocycles. The van der Waals surface area contributed by atoms with Crippen molar-refractivity contribution >= 4 is 17.9 Å². The number of nitrogens with one attached hydrogen (secondary N) is 2. The second-order valence-corrected chi connectivity index (χ2v) is 6.45. The highest BCUT2D eigenvalue weighted by molar-refractivity contribution is 5.80. The van der Waals surface area contributed by atoms with Gasteiger partial charge >= 0.3 is 12.0 Å². The Balaban J connectivity index is 1.63. The molecule has 0 radical (unpaired) electrons. The summed E-state index contributed by atoms with van der Waals surface area (Å²) in [5, 5.41) is 5.27. The lowest BCUT2D eigenvalue weighted by molar-refractivity contribution is -0.148. The molecule has 2 rings (SSSR count). The minimum absolute atomic E-state index is 0.224. The van der Waals surface area contributed by atoms with E-state index in [1.165, 1.54) is 0 Å². The molecule has 9 heteroatoms. The molecule has 1 aromatic carbocycles. The minimum atomic E-state index is -0.559. The lowest BCUT2D eigenvalue weighted by atomic mass is 10.1. The van der Waals surface area contributed by atoms with E-state index < -0.39 is 12.0 Å². The van der Waals surface area contributed by atoms with Crippen molar-refractivity contribution in [3.05, 3.63) is 23.8 Å². The summed E-state index contributed by atoms with van der Waals surface area (Å²) in [4.78, 5) is 34.2. The van der Waals surface area contributed by atoms with E-state index >= 15 is 0 Å². The molecule has 0 unspecified atom stereocenters. The number of nitrogens with two attached hydrogens (primary N) is 1. The SMILES string of the molecule is C[C@H](NC(=O)COC(=O)CCCCCNC(N)=O)c1ccc2c(c1)OCCO2. The van der Waals surface area contributed by atoms with Gasteiger partial charge in [0.25, 0.3) is 5.91 Å². The quantitative estimate of drug-likeness (QED) is 0.407. The van der Waals surface area contributed by atoms with Crippen LogP contribution in [-0.4, -0.2) is 44.3 Å². The first-order valence-electron chi connectivity index (χ1n) is 9.33. The first kappa shape index (κ1) is 21.3. The van der Waals surface area contributed by atoms with Crippen molar-refractivity contribution in [3.63, 3.8) is 0 Å². The van der Waals surface area contributed by atoms with Crippen molar-refractivity contribution in [1.29, 1.82) is 0 Å². The normalized spacial score (nSPS) is 13.3. The third-order valence-electron chi connectivity index (χ3n) is 4.16. The molecule has 1 aromatic rings. The maximum Gasteiger partial charge on any atom is 0.312 e. The van der Waals surface area contributed by atoms with Crippen molar-refractivity contribution in [2.24, 2.45) is 5.73 Å². The number of carbonyl (C=O) groups excluding carboxylic acids is 3. The van der Waals surface area contributed by atoms with Crippen LogP contribution in [0.4, 0.5) is 4.79 Å². The molecule has 0 bridgehead atoms. The number of esters is 1. The molecular formula is C19H27N3O6. The molecule has 154 valence electrons. The highest BCUT2D eigenvalue weighted by atomic mass is 16.6. The van der Waals surface area contributed by atoms with E-state index in [2.05, 4.69) is 10.6 Å². The number of benzene rings is 1. The van der Waals surface area contributed by atoms with Crippen LogP contribution >= 0.6 is 0 Å². The van der Waals surface area contributed by atoms with Gasteiger partial charge in [0.15, 0.2) is 18.1 Å². The summed E-state index contributed by atoms with van der Waals surface area (Å²) in [6.45, 7) is 3.01. The zero-order valence-corrected chi connectivity index (χ0v) is 16.0. The van der Waals surface area contributed by atoms with Gasteiger partial charge in [-0.25, -0.2) is 4.79 Å². The topological polar surface area (TPSA) is 129 Å². The number of hydrogen-bond donors (Lipinski definition) is 3. The molecule has 0 aliphatic carbocycles. The van der Waals surface area contributed by atoms with Gasteiger partial charge in [0.05, 0.1) is 6.04 Å². The predicted octanol–water partition coefficient (Wildman–Crippen LogP) is 1.41. The molecule has 0 spiro atoms. The number of fused-ring (bicyclic) bond motifs is 1. The second kappa shape index (κ2) is 11.0. The van der Waals surface area contributed by atoms with E-state index in [9.17, 15) is 14.4 Å². The van der Waals surface area contributed by atoms with Crippen LogP contribution in [0.1, 0.15) is 44.2 Å². The predicted molar refractivity (Wildman–Crippen MR) is 101 cm³/mol. The summed E-state index contributed by atoms with van der Waals surface area (Å²) >= 11 is 0. The molecule has 0 fully saturated rings. The molecule has 4 N–H and O–H groups in total. The molecule has 0 saturated carbocycles. The Labute approximate surface area is 163 Å². The molecular weight excluding hydrogens is 366 g/mol. The van der Waals surface area contributed by atoms with E-state index in [1.807, 2.05) is 25.1 Å². The summed E-state index contributed by atoms with van der Waals surface area (Å²) in [6, 6.07) is 4.68. The zero-order chi connectivity index (χ0) is 20.4. The largest absolute Gasteiger partial charge is 0.486 e. The Morgan fingerprint density at radius 2 is 1.89 bits per heavy atom. The van der Waals surface area contributed by atoms with Gasteiger partial charge in [-0.1, -0.05) is 12.5 Å². The Kier molecular flexibility index (Phi) is 8.38. The second-order valence-electron chi connectivity index (χ2n) is 6.45. The Morgan fingerprint density at radius 3 is 2.64 bits per heavy atom. The van der Waals surface area contributed by atoms with Crippen LogP contribution in [0.5, 0.6) is 11.5 Å². The first-order chi connectivity index (χ1) is 13.5. The molecule has 0 saturated heterocycles. The van der Waals surface area contributed by atoms with Crippen LogP contribution < -0.4 is 25.8 Å². The lowest BCUT2D eigenvalue weighted by Crippen LogP contribution is -2.31. The van der Waals surface area contributed by atoms with Gasteiger partial charge in [-0.2, -0.15) is 0 Å².